The summed E-state index contributed by atoms with van der Waals surface area (Å²) in [6.07, 6.45) is -0.880. The van der Waals surface area contributed by atoms with Crippen molar-refractivity contribution >= 4 is 39.1 Å². The number of carbonyl (C=O) groups is 2. The molecule has 3 rings (SSSR count). The number of para-hydroxylation sites is 2. The molecule has 2 aromatic carbocycles. The van der Waals surface area contributed by atoms with Crippen LogP contribution in [0.2, 0.25) is 5.02 Å². The molecule has 0 radical (unpaired) electrons. The van der Waals surface area contributed by atoms with Crippen LogP contribution in [-0.2, 0) is 14.8 Å². The molecule has 172 valence electrons. The van der Waals surface area contributed by atoms with Gasteiger partial charge in [-0.05, 0) is 30.3 Å². The Morgan fingerprint density at radius 3 is 2.41 bits per heavy atom. The Hall–Kier alpha value is -2.62. The van der Waals surface area contributed by atoms with Crippen molar-refractivity contribution in [3.63, 3.8) is 0 Å². The van der Waals surface area contributed by atoms with Crippen LogP contribution in [0, 0.1) is 0 Å². The van der Waals surface area contributed by atoms with Gasteiger partial charge in [0, 0.05) is 32.7 Å². The molecule has 8 nitrogen and oxygen atoms in total. The second-order valence-electron chi connectivity index (χ2n) is 7.46. The van der Waals surface area contributed by atoms with Crippen LogP contribution < -0.4 is 9.64 Å². The van der Waals surface area contributed by atoms with Gasteiger partial charge in [0.1, 0.15) is 10.6 Å². The fourth-order valence-electron chi connectivity index (χ4n) is 3.54. The number of likely N-dealkylation sites (N-methyl/N-ethyl adjacent to an activating group) is 1. The largest absolute Gasteiger partial charge is 0.476 e. The second-order valence-corrected chi connectivity index (χ2v) is 9.77. The number of hydrogen-bond acceptors (Lipinski definition) is 5. The smallest absolute Gasteiger partial charge is 0.265 e. The van der Waals surface area contributed by atoms with Crippen LogP contribution in [0.3, 0.4) is 0 Å². The maximum atomic E-state index is 13.5. The van der Waals surface area contributed by atoms with E-state index in [1.807, 2.05) is 0 Å². The third kappa shape index (κ3) is 4.46. The molecule has 0 fully saturated rings. The van der Waals surface area contributed by atoms with E-state index >= 15 is 0 Å². The minimum absolute atomic E-state index is 0.00633. The van der Waals surface area contributed by atoms with Crippen molar-refractivity contribution in [2.24, 2.45) is 0 Å². The summed E-state index contributed by atoms with van der Waals surface area (Å²) in [7, 11) is -0.643. The van der Waals surface area contributed by atoms with E-state index in [2.05, 4.69) is 0 Å². The van der Waals surface area contributed by atoms with Gasteiger partial charge in [0.05, 0.1) is 17.3 Å². The SMILES string of the molecule is CCN(CC)S(=O)(=O)c1cc(C(=O)N2C[C@H](C(=O)N(C)C)Oc3ccccc32)ccc1Cl. The van der Waals surface area contributed by atoms with Crippen molar-refractivity contribution < 1.29 is 22.7 Å². The average Bonchev–Trinajstić information content (AvgIpc) is 2.78. The molecule has 32 heavy (non-hydrogen) atoms. The molecule has 0 saturated heterocycles. The van der Waals surface area contributed by atoms with Gasteiger partial charge in [0.15, 0.2) is 6.10 Å². The van der Waals surface area contributed by atoms with Crippen molar-refractivity contribution in [1.82, 2.24) is 9.21 Å². The maximum absolute atomic E-state index is 13.5. The fraction of sp³-hybridized carbons (Fsp3) is 0.364. The lowest BCUT2D eigenvalue weighted by Gasteiger charge is -2.35. The van der Waals surface area contributed by atoms with E-state index < -0.39 is 22.0 Å². The van der Waals surface area contributed by atoms with Gasteiger partial charge in [0.25, 0.3) is 11.8 Å². The monoisotopic (exact) mass is 479 g/mol. The van der Waals surface area contributed by atoms with Gasteiger partial charge in [-0.15, -0.1) is 0 Å². The van der Waals surface area contributed by atoms with E-state index in [0.29, 0.717) is 11.4 Å². The number of benzene rings is 2. The maximum Gasteiger partial charge on any atom is 0.265 e. The lowest BCUT2D eigenvalue weighted by molar-refractivity contribution is -0.135. The highest BCUT2D eigenvalue weighted by molar-refractivity contribution is 7.89. The predicted octanol–water partition coefficient (Wildman–Crippen LogP) is 2.87. The number of anilines is 1. The number of fused-ring (bicyclic) bond motifs is 1. The molecule has 0 bridgehead atoms. The van der Waals surface area contributed by atoms with E-state index in [-0.39, 0.29) is 41.0 Å². The number of carbonyl (C=O) groups excluding carboxylic acids is 2. The number of rotatable bonds is 6. The van der Waals surface area contributed by atoms with Crippen LogP contribution in [0.25, 0.3) is 0 Å². The summed E-state index contributed by atoms with van der Waals surface area (Å²) in [5.74, 6) is -0.333. The minimum atomic E-state index is -3.87. The molecule has 2 amide bonds. The summed E-state index contributed by atoms with van der Waals surface area (Å²) >= 11 is 6.21. The zero-order valence-corrected chi connectivity index (χ0v) is 20.0. The number of halogens is 1. The Balaban J connectivity index is 2.04. The summed E-state index contributed by atoms with van der Waals surface area (Å²) in [6.45, 7) is 4.01. The molecule has 1 atom stereocenters. The van der Waals surface area contributed by atoms with Gasteiger partial charge in [-0.2, -0.15) is 4.31 Å². The van der Waals surface area contributed by atoms with Crippen molar-refractivity contribution in [1.29, 1.82) is 0 Å². The first kappa shape index (κ1) is 24.0. The van der Waals surface area contributed by atoms with Crippen molar-refractivity contribution in [3.8, 4) is 5.75 Å². The number of nitrogens with zero attached hydrogens (tertiary/aromatic N) is 3. The molecule has 0 aliphatic carbocycles. The van der Waals surface area contributed by atoms with Crippen LogP contribution >= 0.6 is 11.6 Å². The Bertz CT molecular complexity index is 1130. The van der Waals surface area contributed by atoms with Crippen LogP contribution in [0.15, 0.2) is 47.4 Å². The van der Waals surface area contributed by atoms with Crippen LogP contribution in [-0.4, -0.2) is 69.3 Å². The normalized spacial score (nSPS) is 15.8. The summed E-state index contributed by atoms with van der Waals surface area (Å²) in [5.41, 5.74) is 0.649. The molecule has 1 heterocycles. The Morgan fingerprint density at radius 1 is 1.12 bits per heavy atom. The minimum Gasteiger partial charge on any atom is -0.476 e. The van der Waals surface area contributed by atoms with E-state index in [9.17, 15) is 18.0 Å². The highest BCUT2D eigenvalue weighted by Crippen LogP contribution is 2.35. The standard InChI is InChI=1S/C22H26ClN3O5S/c1-5-25(6-2)32(29,30)20-13-15(11-12-16(20)23)21(27)26-14-19(22(28)24(3)4)31-18-10-8-7-9-17(18)26/h7-13,19H,5-6,14H2,1-4H3/t19-/m1/s1. The second kappa shape index (κ2) is 9.48. The number of sulfonamides is 1. The van der Waals surface area contributed by atoms with Gasteiger partial charge in [-0.1, -0.05) is 37.6 Å². The Labute approximate surface area is 193 Å². The van der Waals surface area contributed by atoms with E-state index in [4.69, 9.17) is 16.3 Å². The van der Waals surface area contributed by atoms with Gasteiger partial charge in [-0.3, -0.25) is 9.59 Å². The lowest BCUT2D eigenvalue weighted by Crippen LogP contribution is -2.50. The number of hydrogen-bond donors (Lipinski definition) is 0. The third-order valence-corrected chi connectivity index (χ3v) is 7.77. The Kier molecular flexibility index (Phi) is 7.12. The first-order chi connectivity index (χ1) is 15.1. The first-order valence-corrected chi connectivity index (χ1v) is 12.0. The summed E-state index contributed by atoms with van der Waals surface area (Å²) < 4.78 is 33.2. The molecule has 0 N–H and O–H groups in total. The fourth-order valence-corrected chi connectivity index (χ4v) is 5.49. The Morgan fingerprint density at radius 2 is 1.78 bits per heavy atom. The molecular weight excluding hydrogens is 454 g/mol. The summed E-state index contributed by atoms with van der Waals surface area (Å²) in [4.78, 5) is 28.7. The van der Waals surface area contributed by atoms with E-state index in [0.717, 1.165) is 0 Å². The van der Waals surface area contributed by atoms with Crippen LogP contribution in [0.1, 0.15) is 24.2 Å². The first-order valence-electron chi connectivity index (χ1n) is 10.2. The van der Waals surface area contributed by atoms with Gasteiger partial charge in [-0.25, -0.2) is 8.42 Å². The number of amides is 2. The molecule has 10 heteroatoms. The van der Waals surface area contributed by atoms with Gasteiger partial charge >= 0.3 is 0 Å². The van der Waals surface area contributed by atoms with Crippen molar-refractivity contribution in [3.05, 3.63) is 53.1 Å². The highest BCUT2D eigenvalue weighted by atomic mass is 35.5. The predicted molar refractivity (Wildman–Crippen MR) is 123 cm³/mol. The topological polar surface area (TPSA) is 87.2 Å². The van der Waals surface area contributed by atoms with Crippen molar-refractivity contribution in [2.75, 3.05) is 38.6 Å². The molecule has 0 unspecified atom stereocenters. The highest BCUT2D eigenvalue weighted by Gasteiger charge is 2.35. The quantitative estimate of drug-likeness (QED) is 0.635. The molecule has 0 spiro atoms. The number of ether oxygens (including phenoxy) is 1. The average molecular weight is 480 g/mol. The third-order valence-electron chi connectivity index (χ3n) is 5.24. The van der Waals surface area contributed by atoms with E-state index in [1.54, 1.807) is 52.2 Å². The molecule has 2 aromatic rings. The van der Waals surface area contributed by atoms with Crippen LogP contribution in [0.4, 0.5) is 5.69 Å². The molecule has 0 saturated carbocycles. The molecule has 1 aliphatic rings. The van der Waals surface area contributed by atoms with Crippen LogP contribution in [0.5, 0.6) is 5.75 Å². The lowest BCUT2D eigenvalue weighted by atomic mass is 10.1. The zero-order chi connectivity index (χ0) is 23.6. The molecule has 0 aromatic heterocycles. The molecule has 1 aliphatic heterocycles. The van der Waals surface area contributed by atoms with Crippen molar-refractivity contribution in [2.45, 2.75) is 24.8 Å². The van der Waals surface area contributed by atoms with Gasteiger partial charge < -0.3 is 14.5 Å². The van der Waals surface area contributed by atoms with E-state index in [1.165, 1.54) is 32.3 Å². The summed E-state index contributed by atoms with van der Waals surface area (Å²) in [5, 5.41) is 0.0384. The zero-order valence-electron chi connectivity index (χ0n) is 18.4. The molecular formula is C22H26ClN3O5S. The van der Waals surface area contributed by atoms with Gasteiger partial charge in [0.2, 0.25) is 10.0 Å². The summed E-state index contributed by atoms with van der Waals surface area (Å²) in [6, 6.07) is 11.1.